The molecule has 3 rings (SSSR count). The SMILES string of the molecule is CC(C(N)c1ccc(F)cc1)n1cnc2ccccc21. The van der Waals surface area contributed by atoms with Crippen LogP contribution < -0.4 is 5.73 Å². The molecular weight excluding hydrogens is 253 g/mol. The van der Waals surface area contributed by atoms with Gasteiger partial charge in [0.1, 0.15) is 5.82 Å². The highest BCUT2D eigenvalue weighted by Gasteiger charge is 2.18. The number of halogens is 1. The molecule has 0 amide bonds. The van der Waals surface area contributed by atoms with E-state index in [0.29, 0.717) is 0 Å². The van der Waals surface area contributed by atoms with Crippen molar-refractivity contribution in [2.24, 2.45) is 5.73 Å². The zero-order valence-electron chi connectivity index (χ0n) is 11.2. The van der Waals surface area contributed by atoms with Gasteiger partial charge in [0.05, 0.1) is 29.4 Å². The van der Waals surface area contributed by atoms with E-state index in [1.807, 2.05) is 31.2 Å². The molecule has 3 aromatic rings. The third-order valence-electron chi connectivity index (χ3n) is 3.69. The number of hydrogen-bond acceptors (Lipinski definition) is 2. The van der Waals surface area contributed by atoms with Crippen LogP contribution in [0.3, 0.4) is 0 Å². The van der Waals surface area contributed by atoms with Crippen LogP contribution in [0.5, 0.6) is 0 Å². The minimum Gasteiger partial charge on any atom is -0.326 e. The van der Waals surface area contributed by atoms with Crippen LogP contribution in [0, 0.1) is 5.82 Å². The normalized spacial score (nSPS) is 14.3. The van der Waals surface area contributed by atoms with Gasteiger partial charge in [-0.1, -0.05) is 24.3 Å². The molecule has 102 valence electrons. The fourth-order valence-corrected chi connectivity index (χ4v) is 2.44. The number of nitrogens with zero attached hydrogens (tertiary/aromatic N) is 2. The van der Waals surface area contributed by atoms with E-state index in [-0.39, 0.29) is 17.9 Å². The van der Waals surface area contributed by atoms with Gasteiger partial charge in [0.25, 0.3) is 0 Å². The molecule has 0 radical (unpaired) electrons. The first-order chi connectivity index (χ1) is 9.66. The minimum atomic E-state index is -0.248. The zero-order valence-corrected chi connectivity index (χ0v) is 11.2. The van der Waals surface area contributed by atoms with Gasteiger partial charge in [-0.25, -0.2) is 9.37 Å². The maximum Gasteiger partial charge on any atom is 0.123 e. The van der Waals surface area contributed by atoms with Crippen molar-refractivity contribution in [3.05, 3.63) is 66.2 Å². The lowest BCUT2D eigenvalue weighted by molar-refractivity contribution is 0.462. The molecule has 0 aliphatic rings. The number of fused-ring (bicyclic) bond motifs is 1. The maximum absolute atomic E-state index is 13.0. The van der Waals surface area contributed by atoms with Gasteiger partial charge in [-0.05, 0) is 36.8 Å². The Morgan fingerprint density at radius 2 is 1.80 bits per heavy atom. The van der Waals surface area contributed by atoms with Crippen molar-refractivity contribution in [3.8, 4) is 0 Å². The van der Waals surface area contributed by atoms with Crippen LogP contribution in [0.4, 0.5) is 4.39 Å². The van der Waals surface area contributed by atoms with Crippen molar-refractivity contribution in [3.63, 3.8) is 0 Å². The summed E-state index contributed by atoms with van der Waals surface area (Å²) in [5.74, 6) is -0.248. The van der Waals surface area contributed by atoms with Crippen molar-refractivity contribution in [2.45, 2.75) is 19.0 Å². The predicted molar refractivity (Wildman–Crippen MR) is 77.8 cm³/mol. The Balaban J connectivity index is 1.95. The first-order valence-electron chi connectivity index (χ1n) is 6.59. The van der Waals surface area contributed by atoms with Gasteiger partial charge in [-0.15, -0.1) is 0 Å². The van der Waals surface area contributed by atoms with Gasteiger partial charge in [-0.3, -0.25) is 0 Å². The number of benzene rings is 2. The fourth-order valence-electron chi connectivity index (χ4n) is 2.44. The molecular formula is C16H16FN3. The van der Waals surface area contributed by atoms with Crippen LogP contribution >= 0.6 is 0 Å². The van der Waals surface area contributed by atoms with Gasteiger partial charge in [-0.2, -0.15) is 0 Å². The second-order valence-corrected chi connectivity index (χ2v) is 4.96. The predicted octanol–water partition coefficient (Wildman–Crippen LogP) is 3.44. The van der Waals surface area contributed by atoms with E-state index in [4.69, 9.17) is 5.73 Å². The van der Waals surface area contributed by atoms with E-state index in [2.05, 4.69) is 9.55 Å². The lowest BCUT2D eigenvalue weighted by Gasteiger charge is -2.22. The number of hydrogen-bond donors (Lipinski definition) is 1. The Labute approximate surface area is 116 Å². The van der Waals surface area contributed by atoms with Crippen LogP contribution in [0.2, 0.25) is 0 Å². The van der Waals surface area contributed by atoms with Crippen LogP contribution in [-0.4, -0.2) is 9.55 Å². The average Bonchev–Trinajstić information content (AvgIpc) is 2.90. The standard InChI is InChI=1S/C16H16FN3/c1-11(16(18)12-6-8-13(17)9-7-12)20-10-19-14-4-2-3-5-15(14)20/h2-11,16H,18H2,1H3. The van der Waals surface area contributed by atoms with E-state index in [0.717, 1.165) is 16.6 Å². The van der Waals surface area contributed by atoms with Crippen molar-refractivity contribution in [1.82, 2.24) is 9.55 Å². The lowest BCUT2D eigenvalue weighted by Crippen LogP contribution is -2.22. The van der Waals surface area contributed by atoms with Crippen molar-refractivity contribution in [2.75, 3.05) is 0 Å². The van der Waals surface area contributed by atoms with E-state index >= 15 is 0 Å². The first kappa shape index (κ1) is 12.8. The van der Waals surface area contributed by atoms with Crippen LogP contribution in [0.15, 0.2) is 54.9 Å². The fraction of sp³-hybridized carbons (Fsp3) is 0.188. The summed E-state index contributed by atoms with van der Waals surface area (Å²) in [7, 11) is 0. The summed E-state index contributed by atoms with van der Waals surface area (Å²) in [4.78, 5) is 4.38. The second-order valence-electron chi connectivity index (χ2n) is 4.96. The smallest absolute Gasteiger partial charge is 0.123 e. The molecule has 3 nitrogen and oxygen atoms in total. The summed E-state index contributed by atoms with van der Waals surface area (Å²) in [6.45, 7) is 2.04. The Morgan fingerprint density at radius 3 is 2.55 bits per heavy atom. The Hall–Kier alpha value is -2.20. The molecule has 1 aromatic heterocycles. The summed E-state index contributed by atoms with van der Waals surface area (Å²) in [5, 5.41) is 0. The average molecular weight is 269 g/mol. The van der Waals surface area contributed by atoms with Crippen molar-refractivity contribution >= 4 is 11.0 Å². The summed E-state index contributed by atoms with van der Waals surface area (Å²) in [6, 6.07) is 14.1. The third kappa shape index (κ3) is 2.18. The van der Waals surface area contributed by atoms with Gasteiger partial charge in [0.2, 0.25) is 0 Å². The van der Waals surface area contributed by atoms with Crippen LogP contribution in [-0.2, 0) is 0 Å². The van der Waals surface area contributed by atoms with Gasteiger partial charge < -0.3 is 10.3 Å². The largest absolute Gasteiger partial charge is 0.326 e. The Bertz CT molecular complexity index is 718. The third-order valence-corrected chi connectivity index (χ3v) is 3.69. The summed E-state index contributed by atoms with van der Waals surface area (Å²) in [5.41, 5.74) is 9.22. The number of para-hydroxylation sites is 2. The molecule has 2 N–H and O–H groups in total. The summed E-state index contributed by atoms with van der Waals surface area (Å²) >= 11 is 0. The maximum atomic E-state index is 13.0. The van der Waals surface area contributed by atoms with E-state index in [1.54, 1.807) is 18.5 Å². The first-order valence-corrected chi connectivity index (χ1v) is 6.59. The molecule has 20 heavy (non-hydrogen) atoms. The number of aromatic nitrogens is 2. The second kappa shape index (κ2) is 5.06. The molecule has 0 aliphatic carbocycles. The molecule has 0 fully saturated rings. The highest BCUT2D eigenvalue weighted by atomic mass is 19.1. The molecule has 0 saturated carbocycles. The molecule has 0 bridgehead atoms. The summed E-state index contributed by atoms with van der Waals surface area (Å²) in [6.07, 6.45) is 1.80. The van der Waals surface area contributed by atoms with Crippen molar-refractivity contribution < 1.29 is 4.39 Å². The molecule has 2 aromatic carbocycles. The molecule has 2 unspecified atom stereocenters. The lowest BCUT2D eigenvalue weighted by atomic mass is 10.0. The van der Waals surface area contributed by atoms with Gasteiger partial charge in [0, 0.05) is 0 Å². The zero-order chi connectivity index (χ0) is 14.1. The topological polar surface area (TPSA) is 43.8 Å². The van der Waals surface area contributed by atoms with E-state index < -0.39 is 0 Å². The van der Waals surface area contributed by atoms with Gasteiger partial charge in [0.15, 0.2) is 0 Å². The number of imidazole rings is 1. The Morgan fingerprint density at radius 1 is 1.10 bits per heavy atom. The number of nitrogens with two attached hydrogens (primary N) is 1. The molecule has 0 spiro atoms. The van der Waals surface area contributed by atoms with Crippen LogP contribution in [0.25, 0.3) is 11.0 Å². The van der Waals surface area contributed by atoms with E-state index in [9.17, 15) is 4.39 Å². The monoisotopic (exact) mass is 269 g/mol. The van der Waals surface area contributed by atoms with Crippen molar-refractivity contribution in [1.29, 1.82) is 0 Å². The minimum absolute atomic E-state index is 0.0351. The molecule has 4 heteroatoms. The summed E-state index contributed by atoms with van der Waals surface area (Å²) < 4.78 is 15.0. The molecule has 0 aliphatic heterocycles. The number of rotatable bonds is 3. The highest BCUT2D eigenvalue weighted by Crippen LogP contribution is 2.27. The van der Waals surface area contributed by atoms with E-state index in [1.165, 1.54) is 12.1 Å². The molecule has 1 heterocycles. The molecule has 2 atom stereocenters. The van der Waals surface area contributed by atoms with Crippen LogP contribution in [0.1, 0.15) is 24.6 Å². The highest BCUT2D eigenvalue weighted by molar-refractivity contribution is 5.75. The Kier molecular flexibility index (Phi) is 3.24. The van der Waals surface area contributed by atoms with Gasteiger partial charge >= 0.3 is 0 Å². The molecule has 0 saturated heterocycles. The quantitative estimate of drug-likeness (QED) is 0.791.